The summed E-state index contributed by atoms with van der Waals surface area (Å²) in [5, 5.41) is 22.2. The van der Waals surface area contributed by atoms with Gasteiger partial charge in [-0.1, -0.05) is 30.3 Å². The number of ether oxygens (including phenoxy) is 1. The molecule has 2 rings (SSSR count). The van der Waals surface area contributed by atoms with Crippen LogP contribution in [-0.2, 0) is 11.3 Å². The molecular weight excluding hydrogens is 218 g/mol. The number of aliphatic hydroxyl groups excluding tert-OH is 2. The molecule has 1 aromatic carbocycles. The number of hydrogen-bond acceptors (Lipinski definition) is 4. The van der Waals surface area contributed by atoms with Crippen LogP contribution in [0.15, 0.2) is 30.3 Å². The maximum atomic E-state index is 9.98. The van der Waals surface area contributed by atoms with E-state index in [1.165, 1.54) is 0 Å². The summed E-state index contributed by atoms with van der Waals surface area (Å²) in [7, 11) is 0. The third-order valence-corrected chi connectivity index (χ3v) is 3.16. The van der Waals surface area contributed by atoms with E-state index in [2.05, 4.69) is 5.32 Å². The molecule has 1 fully saturated rings. The van der Waals surface area contributed by atoms with Gasteiger partial charge in [-0.15, -0.1) is 0 Å². The Hall–Kier alpha value is -0.940. The smallest absolute Gasteiger partial charge is 0.0966 e. The first-order chi connectivity index (χ1) is 8.31. The zero-order valence-corrected chi connectivity index (χ0v) is 9.75. The van der Waals surface area contributed by atoms with Gasteiger partial charge in [0.05, 0.1) is 18.8 Å². The Kier molecular flexibility index (Phi) is 4.50. The third kappa shape index (κ3) is 3.26. The lowest BCUT2D eigenvalue weighted by molar-refractivity contribution is -0.0911. The van der Waals surface area contributed by atoms with Crippen molar-refractivity contribution in [1.82, 2.24) is 5.32 Å². The highest BCUT2D eigenvalue weighted by molar-refractivity contribution is 5.13. The van der Waals surface area contributed by atoms with E-state index in [4.69, 9.17) is 9.84 Å². The van der Waals surface area contributed by atoms with Crippen molar-refractivity contribution >= 4 is 0 Å². The molecular formula is C13H19NO3. The van der Waals surface area contributed by atoms with Gasteiger partial charge in [-0.25, -0.2) is 0 Å². The van der Waals surface area contributed by atoms with E-state index < -0.39 is 6.10 Å². The summed E-state index contributed by atoms with van der Waals surface area (Å²) >= 11 is 0. The Morgan fingerprint density at radius 1 is 1.24 bits per heavy atom. The summed E-state index contributed by atoms with van der Waals surface area (Å²) in [5.74, 6) is -0.135. The van der Waals surface area contributed by atoms with E-state index in [1.807, 2.05) is 30.3 Å². The van der Waals surface area contributed by atoms with Crippen LogP contribution in [0.2, 0.25) is 0 Å². The number of rotatable bonds is 4. The van der Waals surface area contributed by atoms with Crippen LogP contribution in [0.1, 0.15) is 5.56 Å². The van der Waals surface area contributed by atoms with Gasteiger partial charge in [0.1, 0.15) is 0 Å². The molecule has 0 spiro atoms. The summed E-state index contributed by atoms with van der Waals surface area (Å²) < 4.78 is 5.69. The lowest BCUT2D eigenvalue weighted by Gasteiger charge is -2.34. The fourth-order valence-corrected chi connectivity index (χ4v) is 2.06. The lowest BCUT2D eigenvalue weighted by Crippen LogP contribution is -2.52. The molecule has 4 heteroatoms. The highest BCUT2D eigenvalue weighted by atomic mass is 16.5. The van der Waals surface area contributed by atoms with E-state index in [0.29, 0.717) is 19.7 Å². The van der Waals surface area contributed by atoms with Gasteiger partial charge in [0.2, 0.25) is 0 Å². The maximum Gasteiger partial charge on any atom is 0.0966 e. The van der Waals surface area contributed by atoms with Gasteiger partial charge in [0, 0.05) is 25.6 Å². The van der Waals surface area contributed by atoms with E-state index in [1.54, 1.807) is 0 Å². The topological polar surface area (TPSA) is 61.7 Å². The highest BCUT2D eigenvalue weighted by Gasteiger charge is 2.31. The van der Waals surface area contributed by atoms with Gasteiger partial charge in [-0.3, -0.25) is 0 Å². The minimum Gasteiger partial charge on any atom is -0.396 e. The molecule has 3 N–H and O–H groups in total. The quantitative estimate of drug-likeness (QED) is 0.697. The minimum absolute atomic E-state index is 0.0145. The average molecular weight is 237 g/mol. The molecule has 4 nitrogen and oxygen atoms in total. The van der Waals surface area contributed by atoms with E-state index in [9.17, 15) is 5.11 Å². The first-order valence-electron chi connectivity index (χ1n) is 5.96. The number of nitrogens with one attached hydrogen (secondary N) is 1. The molecule has 3 atom stereocenters. The second kappa shape index (κ2) is 6.12. The van der Waals surface area contributed by atoms with Gasteiger partial charge in [0.25, 0.3) is 0 Å². The van der Waals surface area contributed by atoms with Gasteiger partial charge in [-0.05, 0) is 5.56 Å². The predicted octanol–water partition coefficient (Wildman–Crippen LogP) is 0.144. The minimum atomic E-state index is -0.593. The Labute approximate surface area is 101 Å². The van der Waals surface area contributed by atoms with E-state index in [0.717, 1.165) is 5.56 Å². The zero-order chi connectivity index (χ0) is 12.1. The van der Waals surface area contributed by atoms with Crippen molar-refractivity contribution in [2.45, 2.75) is 18.8 Å². The van der Waals surface area contributed by atoms with Crippen molar-refractivity contribution in [2.24, 2.45) is 5.92 Å². The Morgan fingerprint density at radius 3 is 2.71 bits per heavy atom. The molecule has 0 saturated carbocycles. The van der Waals surface area contributed by atoms with Crippen molar-refractivity contribution in [2.75, 3.05) is 19.7 Å². The van der Waals surface area contributed by atoms with Crippen molar-refractivity contribution < 1.29 is 14.9 Å². The van der Waals surface area contributed by atoms with Gasteiger partial charge in [0.15, 0.2) is 0 Å². The van der Waals surface area contributed by atoms with E-state index >= 15 is 0 Å². The average Bonchev–Trinajstić information content (AvgIpc) is 2.39. The van der Waals surface area contributed by atoms with Crippen molar-refractivity contribution in [3.05, 3.63) is 35.9 Å². The summed E-state index contributed by atoms with van der Waals surface area (Å²) in [6, 6.07) is 9.87. The number of hydrogen-bond donors (Lipinski definition) is 3. The summed E-state index contributed by atoms with van der Waals surface area (Å²) in [6.45, 7) is 1.75. The summed E-state index contributed by atoms with van der Waals surface area (Å²) in [5.41, 5.74) is 1.09. The Morgan fingerprint density at radius 2 is 2.00 bits per heavy atom. The van der Waals surface area contributed by atoms with Crippen LogP contribution in [0.5, 0.6) is 0 Å². The standard InChI is InChI=1S/C13H19NO3/c15-8-11-6-14-7-12(13(11)16)17-9-10-4-2-1-3-5-10/h1-5,11-16H,6-9H2/t11?,12?,13-/m1/s1. The van der Waals surface area contributed by atoms with Crippen LogP contribution in [0, 0.1) is 5.92 Å². The molecule has 0 bridgehead atoms. The molecule has 1 aliphatic rings. The molecule has 1 aromatic rings. The molecule has 17 heavy (non-hydrogen) atoms. The monoisotopic (exact) mass is 237 g/mol. The highest BCUT2D eigenvalue weighted by Crippen LogP contribution is 2.15. The van der Waals surface area contributed by atoms with Crippen LogP contribution in [-0.4, -0.2) is 42.1 Å². The SMILES string of the molecule is OCC1CNCC(OCc2ccccc2)[C@@H]1O. The fourth-order valence-electron chi connectivity index (χ4n) is 2.06. The third-order valence-electron chi connectivity index (χ3n) is 3.16. The number of aliphatic hydroxyl groups is 2. The predicted molar refractivity (Wildman–Crippen MR) is 64.5 cm³/mol. The number of piperidine rings is 1. The van der Waals surface area contributed by atoms with Crippen molar-refractivity contribution in [3.63, 3.8) is 0 Å². The van der Waals surface area contributed by atoms with Crippen molar-refractivity contribution in [3.8, 4) is 0 Å². The molecule has 2 unspecified atom stereocenters. The molecule has 94 valence electrons. The summed E-state index contributed by atoms with van der Waals surface area (Å²) in [6.07, 6.45) is -0.842. The van der Waals surface area contributed by atoms with Crippen molar-refractivity contribution in [1.29, 1.82) is 0 Å². The first kappa shape index (κ1) is 12.5. The molecule has 0 aliphatic carbocycles. The van der Waals surface area contributed by atoms with E-state index in [-0.39, 0.29) is 18.6 Å². The summed E-state index contributed by atoms with van der Waals surface area (Å²) in [4.78, 5) is 0. The maximum absolute atomic E-state index is 9.98. The zero-order valence-electron chi connectivity index (χ0n) is 9.75. The molecule has 0 amide bonds. The lowest BCUT2D eigenvalue weighted by atomic mass is 9.94. The van der Waals surface area contributed by atoms with Crippen LogP contribution in [0.4, 0.5) is 0 Å². The Balaban J connectivity index is 1.86. The van der Waals surface area contributed by atoms with Gasteiger partial charge in [-0.2, -0.15) is 0 Å². The second-order valence-corrected chi connectivity index (χ2v) is 4.43. The molecule has 1 aliphatic heterocycles. The van der Waals surface area contributed by atoms with Crippen LogP contribution in [0.25, 0.3) is 0 Å². The van der Waals surface area contributed by atoms with Crippen LogP contribution >= 0.6 is 0 Å². The normalized spacial score (nSPS) is 29.2. The van der Waals surface area contributed by atoms with Crippen LogP contribution in [0.3, 0.4) is 0 Å². The second-order valence-electron chi connectivity index (χ2n) is 4.43. The Bertz CT molecular complexity index is 331. The first-order valence-corrected chi connectivity index (χ1v) is 5.96. The van der Waals surface area contributed by atoms with Gasteiger partial charge >= 0.3 is 0 Å². The molecule has 0 radical (unpaired) electrons. The molecule has 1 heterocycles. The fraction of sp³-hybridized carbons (Fsp3) is 0.538. The largest absolute Gasteiger partial charge is 0.396 e. The molecule has 1 saturated heterocycles. The van der Waals surface area contributed by atoms with Crippen LogP contribution < -0.4 is 5.32 Å². The molecule has 0 aromatic heterocycles. The van der Waals surface area contributed by atoms with Gasteiger partial charge < -0.3 is 20.3 Å². The number of benzene rings is 1.